The van der Waals surface area contributed by atoms with Crippen molar-refractivity contribution in [2.45, 2.75) is 64.2 Å². The Morgan fingerprint density at radius 2 is 2.29 bits per heavy atom. The van der Waals surface area contributed by atoms with Crippen molar-refractivity contribution in [2.75, 3.05) is 6.54 Å². The van der Waals surface area contributed by atoms with Crippen molar-refractivity contribution in [1.82, 2.24) is 4.90 Å². The fourth-order valence-corrected chi connectivity index (χ4v) is 3.39. The summed E-state index contributed by atoms with van der Waals surface area (Å²) >= 11 is 1.55. The highest BCUT2D eigenvalue weighted by molar-refractivity contribution is 7.10. The first-order valence-corrected chi connectivity index (χ1v) is 8.46. The van der Waals surface area contributed by atoms with Gasteiger partial charge in [0.2, 0.25) is 0 Å². The quantitative estimate of drug-likeness (QED) is 0.919. The molecule has 1 saturated heterocycles. The molecule has 0 spiro atoms. The molecule has 1 aliphatic rings. The van der Waals surface area contributed by atoms with E-state index in [1.807, 2.05) is 38.3 Å². The second kappa shape index (κ2) is 6.79. The number of amides is 1. The minimum absolute atomic E-state index is 0.0608. The van der Waals surface area contributed by atoms with Gasteiger partial charge in [0, 0.05) is 17.5 Å². The number of hydrogen-bond donors (Lipinski definition) is 1. The van der Waals surface area contributed by atoms with Gasteiger partial charge in [0.05, 0.1) is 6.10 Å². The number of carbonyl (C=O) groups is 1. The average molecular weight is 311 g/mol. The molecule has 1 aromatic heterocycles. The zero-order valence-corrected chi connectivity index (χ0v) is 13.9. The Morgan fingerprint density at radius 1 is 1.52 bits per heavy atom. The summed E-state index contributed by atoms with van der Waals surface area (Å²) < 4.78 is 5.49. The Kier molecular flexibility index (Phi) is 5.27. The molecule has 21 heavy (non-hydrogen) atoms. The van der Waals surface area contributed by atoms with Crippen molar-refractivity contribution in [3.05, 3.63) is 22.4 Å². The van der Waals surface area contributed by atoms with E-state index in [9.17, 15) is 9.90 Å². The van der Waals surface area contributed by atoms with Crippen LogP contribution in [0, 0.1) is 0 Å². The molecule has 2 atom stereocenters. The number of likely N-dealkylation sites (tertiary alicyclic amines) is 1. The second-order valence-electron chi connectivity index (χ2n) is 6.59. The van der Waals surface area contributed by atoms with Gasteiger partial charge in [-0.1, -0.05) is 6.07 Å². The van der Waals surface area contributed by atoms with Crippen LogP contribution >= 0.6 is 11.3 Å². The summed E-state index contributed by atoms with van der Waals surface area (Å²) in [6.45, 7) is 6.36. The highest BCUT2D eigenvalue weighted by Crippen LogP contribution is 2.29. The Hall–Kier alpha value is -1.07. The first kappa shape index (κ1) is 16.3. The van der Waals surface area contributed by atoms with Crippen molar-refractivity contribution >= 4 is 17.4 Å². The highest BCUT2D eigenvalue weighted by Gasteiger charge is 2.32. The summed E-state index contributed by atoms with van der Waals surface area (Å²) in [6, 6.07) is 3.94. The molecule has 1 aliphatic heterocycles. The lowest BCUT2D eigenvalue weighted by Gasteiger charge is -2.37. The Labute approximate surface area is 130 Å². The molecule has 1 amide bonds. The first-order valence-electron chi connectivity index (χ1n) is 7.58. The minimum Gasteiger partial charge on any atom is -0.444 e. The van der Waals surface area contributed by atoms with Crippen molar-refractivity contribution < 1.29 is 14.6 Å². The van der Waals surface area contributed by atoms with Crippen LogP contribution in [0.15, 0.2) is 17.5 Å². The van der Waals surface area contributed by atoms with Crippen LogP contribution in [0.4, 0.5) is 4.79 Å². The van der Waals surface area contributed by atoms with Crippen LogP contribution in [0.2, 0.25) is 0 Å². The summed E-state index contributed by atoms with van der Waals surface area (Å²) in [7, 11) is 0. The molecule has 1 fully saturated rings. The molecular weight excluding hydrogens is 286 g/mol. The van der Waals surface area contributed by atoms with Crippen LogP contribution in [0.5, 0.6) is 0 Å². The lowest BCUT2D eigenvalue weighted by molar-refractivity contribution is 0.00258. The van der Waals surface area contributed by atoms with E-state index in [1.54, 1.807) is 16.2 Å². The molecule has 0 radical (unpaired) electrons. The minimum atomic E-state index is -0.502. The largest absolute Gasteiger partial charge is 0.444 e. The maximum atomic E-state index is 12.3. The van der Waals surface area contributed by atoms with Crippen LogP contribution in [0.1, 0.15) is 57.4 Å². The standard InChI is InChI=1S/C16H25NO3S/c1-16(2,3)20-15(19)17-9-5-4-7-12(17)11-13(18)14-8-6-10-21-14/h6,8,10,12-13,18H,4-5,7,9,11H2,1-3H3. The molecule has 0 aliphatic carbocycles. The number of ether oxygens (including phenoxy) is 1. The molecule has 5 heteroatoms. The third kappa shape index (κ3) is 4.71. The molecule has 4 nitrogen and oxygen atoms in total. The van der Waals surface area contributed by atoms with E-state index >= 15 is 0 Å². The fourth-order valence-electron chi connectivity index (χ4n) is 2.66. The van der Waals surface area contributed by atoms with Gasteiger partial charge in [-0.05, 0) is 57.9 Å². The lowest BCUT2D eigenvalue weighted by atomic mass is 9.97. The normalized spacial score (nSPS) is 21.1. The Bertz CT molecular complexity index is 453. The van der Waals surface area contributed by atoms with Crippen molar-refractivity contribution in [3.63, 3.8) is 0 Å². The maximum absolute atomic E-state index is 12.3. The molecule has 2 unspecified atom stereocenters. The van der Waals surface area contributed by atoms with E-state index in [0.717, 1.165) is 30.7 Å². The van der Waals surface area contributed by atoms with E-state index in [1.165, 1.54) is 0 Å². The average Bonchev–Trinajstić information content (AvgIpc) is 2.91. The topological polar surface area (TPSA) is 49.8 Å². The lowest BCUT2D eigenvalue weighted by Crippen LogP contribution is -2.46. The third-order valence-electron chi connectivity index (χ3n) is 3.62. The highest BCUT2D eigenvalue weighted by atomic mass is 32.1. The molecule has 2 rings (SSSR count). The van der Waals surface area contributed by atoms with Gasteiger partial charge >= 0.3 is 6.09 Å². The number of hydrogen-bond acceptors (Lipinski definition) is 4. The van der Waals surface area contributed by atoms with E-state index < -0.39 is 11.7 Å². The summed E-state index contributed by atoms with van der Waals surface area (Å²) in [5, 5.41) is 12.3. The Balaban J connectivity index is 2.00. The predicted molar refractivity (Wildman–Crippen MR) is 84.5 cm³/mol. The van der Waals surface area contributed by atoms with Gasteiger partial charge in [-0.15, -0.1) is 11.3 Å². The number of aliphatic hydroxyl groups excluding tert-OH is 1. The molecule has 1 N–H and O–H groups in total. The monoisotopic (exact) mass is 311 g/mol. The van der Waals surface area contributed by atoms with Gasteiger partial charge in [0.25, 0.3) is 0 Å². The molecule has 2 heterocycles. The zero-order chi connectivity index (χ0) is 15.5. The van der Waals surface area contributed by atoms with E-state index in [0.29, 0.717) is 6.42 Å². The van der Waals surface area contributed by atoms with Crippen molar-refractivity contribution in [1.29, 1.82) is 0 Å². The van der Waals surface area contributed by atoms with Crippen LogP contribution in [-0.4, -0.2) is 34.3 Å². The number of piperidine rings is 1. The van der Waals surface area contributed by atoms with Crippen LogP contribution in [0.3, 0.4) is 0 Å². The molecular formula is C16H25NO3S. The zero-order valence-electron chi connectivity index (χ0n) is 13.0. The number of nitrogens with zero attached hydrogens (tertiary/aromatic N) is 1. The van der Waals surface area contributed by atoms with Gasteiger partial charge in [-0.2, -0.15) is 0 Å². The maximum Gasteiger partial charge on any atom is 0.410 e. The van der Waals surface area contributed by atoms with E-state index in [2.05, 4.69) is 0 Å². The summed E-state index contributed by atoms with van der Waals surface area (Å²) in [5.74, 6) is 0. The number of rotatable bonds is 3. The molecule has 0 aromatic carbocycles. The second-order valence-corrected chi connectivity index (χ2v) is 7.57. The van der Waals surface area contributed by atoms with Crippen molar-refractivity contribution in [3.8, 4) is 0 Å². The third-order valence-corrected chi connectivity index (χ3v) is 4.60. The fraction of sp³-hybridized carbons (Fsp3) is 0.688. The number of carbonyl (C=O) groups excluding carboxylic acids is 1. The van der Waals surface area contributed by atoms with Gasteiger partial charge in [0.15, 0.2) is 0 Å². The van der Waals surface area contributed by atoms with Gasteiger partial charge in [-0.25, -0.2) is 4.79 Å². The van der Waals surface area contributed by atoms with E-state index in [-0.39, 0.29) is 12.1 Å². The van der Waals surface area contributed by atoms with Gasteiger partial charge < -0.3 is 14.7 Å². The predicted octanol–water partition coefficient (Wildman–Crippen LogP) is 3.96. The molecule has 118 valence electrons. The molecule has 1 aromatic rings. The molecule has 0 saturated carbocycles. The molecule has 0 bridgehead atoms. The van der Waals surface area contributed by atoms with Crippen LogP contribution < -0.4 is 0 Å². The number of thiophene rings is 1. The first-order chi connectivity index (χ1) is 9.87. The van der Waals surface area contributed by atoms with Gasteiger partial charge in [-0.3, -0.25) is 0 Å². The van der Waals surface area contributed by atoms with Crippen molar-refractivity contribution in [2.24, 2.45) is 0 Å². The Morgan fingerprint density at radius 3 is 2.90 bits per heavy atom. The van der Waals surface area contributed by atoms with Gasteiger partial charge in [0.1, 0.15) is 5.60 Å². The van der Waals surface area contributed by atoms with Crippen LogP contribution in [0.25, 0.3) is 0 Å². The smallest absolute Gasteiger partial charge is 0.410 e. The number of aliphatic hydroxyl groups is 1. The van der Waals surface area contributed by atoms with Crippen LogP contribution in [-0.2, 0) is 4.74 Å². The summed E-state index contributed by atoms with van der Waals surface area (Å²) in [4.78, 5) is 15.1. The van der Waals surface area contributed by atoms with E-state index in [4.69, 9.17) is 4.74 Å². The summed E-state index contributed by atoms with van der Waals surface area (Å²) in [5.41, 5.74) is -0.481. The summed E-state index contributed by atoms with van der Waals surface area (Å²) in [6.07, 6.45) is 2.86. The SMILES string of the molecule is CC(C)(C)OC(=O)N1CCCCC1CC(O)c1cccs1.